The fraction of sp³-hybridized carbons (Fsp3) is 0.778. The Labute approximate surface area is 88.3 Å². The molecule has 4 nitrogen and oxygen atoms in total. The Hall–Kier alpha value is -0.680. The lowest BCUT2D eigenvalue weighted by molar-refractivity contribution is 0.413. The predicted octanol–water partition coefficient (Wildman–Crippen LogP) is 1.24. The van der Waals surface area contributed by atoms with Crippen LogP contribution in [-0.2, 0) is 0 Å². The topological polar surface area (TPSA) is 55.0 Å². The fourth-order valence-electron chi connectivity index (χ4n) is 2.04. The molecule has 2 rings (SSSR count). The molecule has 1 fully saturated rings. The van der Waals surface area contributed by atoms with Gasteiger partial charge in [-0.1, -0.05) is 0 Å². The molecule has 0 aliphatic carbocycles. The maximum absolute atomic E-state index is 5.98. The molecule has 1 aliphatic heterocycles. The van der Waals surface area contributed by atoms with Crippen LogP contribution in [0.2, 0.25) is 0 Å². The van der Waals surface area contributed by atoms with Crippen molar-refractivity contribution in [2.75, 3.05) is 11.4 Å². The summed E-state index contributed by atoms with van der Waals surface area (Å²) in [6.45, 7) is 3.14. The molecule has 0 spiro atoms. The zero-order chi connectivity index (χ0) is 9.97. The van der Waals surface area contributed by atoms with Crippen molar-refractivity contribution in [1.29, 1.82) is 0 Å². The molecular weight excluding hydrogens is 196 g/mol. The molecule has 0 aromatic carbocycles. The minimum Gasteiger partial charge on any atom is -0.342 e. The van der Waals surface area contributed by atoms with E-state index in [2.05, 4.69) is 21.2 Å². The average Bonchev–Trinajstić information content (AvgIpc) is 2.70. The highest BCUT2D eigenvalue weighted by molar-refractivity contribution is 7.09. The van der Waals surface area contributed by atoms with Gasteiger partial charge in [0.1, 0.15) is 6.33 Å². The third-order valence-electron chi connectivity index (χ3n) is 2.75. The monoisotopic (exact) mass is 212 g/mol. The van der Waals surface area contributed by atoms with E-state index in [1.165, 1.54) is 30.8 Å². The van der Waals surface area contributed by atoms with E-state index < -0.39 is 0 Å². The van der Waals surface area contributed by atoms with Gasteiger partial charge < -0.3 is 10.6 Å². The second-order valence-electron chi connectivity index (χ2n) is 3.84. The molecule has 78 valence electrons. The largest absolute Gasteiger partial charge is 0.342 e. The van der Waals surface area contributed by atoms with Gasteiger partial charge in [0.25, 0.3) is 0 Å². The van der Waals surface area contributed by atoms with Gasteiger partial charge in [-0.15, -0.1) is 0 Å². The SMILES string of the molecule is CC(N)C1CCCCN1c1ncns1. The van der Waals surface area contributed by atoms with Crippen LogP contribution in [0.4, 0.5) is 5.13 Å². The Bertz CT molecular complexity index is 272. The molecule has 1 aromatic rings. The van der Waals surface area contributed by atoms with E-state index in [0.717, 1.165) is 11.7 Å². The van der Waals surface area contributed by atoms with Gasteiger partial charge in [-0.3, -0.25) is 0 Å². The first-order chi connectivity index (χ1) is 6.79. The third kappa shape index (κ3) is 1.88. The zero-order valence-electron chi connectivity index (χ0n) is 8.39. The quantitative estimate of drug-likeness (QED) is 0.801. The molecule has 0 bridgehead atoms. The molecule has 1 aliphatic rings. The normalized spacial score (nSPS) is 25.0. The van der Waals surface area contributed by atoms with Crippen LogP contribution in [0, 0.1) is 0 Å². The summed E-state index contributed by atoms with van der Waals surface area (Å²) in [5, 5.41) is 1.02. The van der Waals surface area contributed by atoms with Crippen molar-refractivity contribution >= 4 is 16.7 Å². The Morgan fingerprint density at radius 2 is 2.50 bits per heavy atom. The van der Waals surface area contributed by atoms with Crippen molar-refractivity contribution in [2.45, 2.75) is 38.3 Å². The smallest absolute Gasteiger partial charge is 0.205 e. The van der Waals surface area contributed by atoms with E-state index >= 15 is 0 Å². The summed E-state index contributed by atoms with van der Waals surface area (Å²) in [4.78, 5) is 6.56. The van der Waals surface area contributed by atoms with Gasteiger partial charge in [0.05, 0.1) is 0 Å². The number of piperidine rings is 1. The highest BCUT2D eigenvalue weighted by Gasteiger charge is 2.27. The highest BCUT2D eigenvalue weighted by Crippen LogP contribution is 2.26. The Kier molecular flexibility index (Phi) is 2.98. The van der Waals surface area contributed by atoms with E-state index in [1.807, 2.05) is 0 Å². The average molecular weight is 212 g/mol. The van der Waals surface area contributed by atoms with Gasteiger partial charge in [-0.25, -0.2) is 4.98 Å². The summed E-state index contributed by atoms with van der Waals surface area (Å²) >= 11 is 1.46. The summed E-state index contributed by atoms with van der Waals surface area (Å²) in [5.74, 6) is 0. The fourth-order valence-corrected chi connectivity index (χ4v) is 2.65. The van der Waals surface area contributed by atoms with Crippen molar-refractivity contribution in [1.82, 2.24) is 9.36 Å². The lowest BCUT2D eigenvalue weighted by Gasteiger charge is -2.37. The second kappa shape index (κ2) is 4.23. The summed E-state index contributed by atoms with van der Waals surface area (Å²) in [5.41, 5.74) is 5.98. The molecule has 1 saturated heterocycles. The van der Waals surface area contributed by atoms with Crippen LogP contribution >= 0.6 is 11.5 Å². The Balaban J connectivity index is 2.14. The molecule has 5 heteroatoms. The van der Waals surface area contributed by atoms with Crippen molar-refractivity contribution in [2.24, 2.45) is 5.73 Å². The lowest BCUT2D eigenvalue weighted by Crippen LogP contribution is -2.49. The summed E-state index contributed by atoms with van der Waals surface area (Å²) in [6.07, 6.45) is 5.31. The number of hydrogen-bond donors (Lipinski definition) is 1. The van der Waals surface area contributed by atoms with Crippen molar-refractivity contribution < 1.29 is 0 Å². The molecular formula is C9H16N4S. The van der Waals surface area contributed by atoms with E-state index in [-0.39, 0.29) is 6.04 Å². The van der Waals surface area contributed by atoms with Gasteiger partial charge in [0, 0.05) is 30.2 Å². The molecule has 1 aromatic heterocycles. The Morgan fingerprint density at radius 1 is 1.64 bits per heavy atom. The van der Waals surface area contributed by atoms with Crippen LogP contribution in [0.5, 0.6) is 0 Å². The van der Waals surface area contributed by atoms with Crippen LogP contribution in [-0.4, -0.2) is 28.0 Å². The first-order valence-corrected chi connectivity index (χ1v) is 5.85. The Morgan fingerprint density at radius 3 is 3.14 bits per heavy atom. The minimum atomic E-state index is 0.208. The maximum Gasteiger partial charge on any atom is 0.205 e. The van der Waals surface area contributed by atoms with Crippen molar-refractivity contribution in [3.05, 3.63) is 6.33 Å². The third-order valence-corrected chi connectivity index (χ3v) is 3.45. The highest BCUT2D eigenvalue weighted by atomic mass is 32.1. The first kappa shape index (κ1) is 9.86. The van der Waals surface area contributed by atoms with Gasteiger partial charge in [0.2, 0.25) is 5.13 Å². The number of anilines is 1. The van der Waals surface area contributed by atoms with E-state index in [0.29, 0.717) is 6.04 Å². The number of rotatable bonds is 2. The molecule has 2 unspecified atom stereocenters. The van der Waals surface area contributed by atoms with Gasteiger partial charge in [-0.05, 0) is 26.2 Å². The van der Waals surface area contributed by atoms with E-state index in [1.54, 1.807) is 6.33 Å². The van der Waals surface area contributed by atoms with Crippen molar-refractivity contribution in [3.63, 3.8) is 0 Å². The molecule has 2 atom stereocenters. The van der Waals surface area contributed by atoms with Gasteiger partial charge >= 0.3 is 0 Å². The maximum atomic E-state index is 5.98. The van der Waals surface area contributed by atoms with Crippen LogP contribution in [0.25, 0.3) is 0 Å². The standard InChI is InChI=1S/C9H16N4S/c1-7(10)8-4-2-3-5-13(8)9-11-6-12-14-9/h6-8H,2-5,10H2,1H3. The first-order valence-electron chi connectivity index (χ1n) is 5.08. The molecule has 2 heterocycles. The van der Waals surface area contributed by atoms with Crippen LogP contribution in [0.1, 0.15) is 26.2 Å². The number of hydrogen-bond acceptors (Lipinski definition) is 5. The van der Waals surface area contributed by atoms with Crippen LogP contribution in [0.3, 0.4) is 0 Å². The minimum absolute atomic E-state index is 0.208. The van der Waals surface area contributed by atoms with E-state index in [9.17, 15) is 0 Å². The number of nitrogens with two attached hydrogens (primary N) is 1. The van der Waals surface area contributed by atoms with Gasteiger partial charge in [-0.2, -0.15) is 4.37 Å². The van der Waals surface area contributed by atoms with E-state index in [4.69, 9.17) is 5.73 Å². The summed E-state index contributed by atoms with van der Waals surface area (Å²) in [6, 6.07) is 0.649. The molecule has 0 radical (unpaired) electrons. The molecule has 0 saturated carbocycles. The van der Waals surface area contributed by atoms with Crippen molar-refractivity contribution in [3.8, 4) is 0 Å². The molecule has 2 N–H and O–H groups in total. The predicted molar refractivity (Wildman–Crippen MR) is 58.5 cm³/mol. The summed E-state index contributed by atoms with van der Waals surface area (Å²) < 4.78 is 4.04. The van der Waals surface area contributed by atoms with Crippen LogP contribution in [0.15, 0.2) is 6.33 Å². The zero-order valence-corrected chi connectivity index (χ0v) is 9.20. The summed E-state index contributed by atoms with van der Waals surface area (Å²) in [7, 11) is 0. The number of aromatic nitrogens is 2. The van der Waals surface area contributed by atoms with Gasteiger partial charge in [0.15, 0.2) is 0 Å². The van der Waals surface area contributed by atoms with Crippen LogP contribution < -0.4 is 10.6 Å². The lowest BCUT2D eigenvalue weighted by atomic mass is 9.98. The molecule has 14 heavy (non-hydrogen) atoms. The second-order valence-corrected chi connectivity index (χ2v) is 4.60. The molecule has 0 amide bonds. The number of nitrogens with zero attached hydrogens (tertiary/aromatic N) is 3.